The van der Waals surface area contributed by atoms with Crippen molar-refractivity contribution in [2.75, 3.05) is 39.3 Å². The van der Waals surface area contributed by atoms with E-state index in [1.807, 2.05) is 24.3 Å². The van der Waals surface area contributed by atoms with Crippen LogP contribution < -0.4 is 0 Å². The molecule has 1 aromatic rings. The molecule has 1 N–H and O–H groups in total. The van der Waals surface area contributed by atoms with Crippen LogP contribution in [0.2, 0.25) is 0 Å². The lowest BCUT2D eigenvalue weighted by Gasteiger charge is -2.41. The van der Waals surface area contributed by atoms with E-state index in [1.54, 1.807) is 0 Å². The fourth-order valence-corrected chi connectivity index (χ4v) is 6.80. The van der Waals surface area contributed by atoms with Gasteiger partial charge in [-0.3, -0.25) is 19.4 Å². The first-order valence-corrected chi connectivity index (χ1v) is 13.2. The van der Waals surface area contributed by atoms with Gasteiger partial charge in [0.1, 0.15) is 11.9 Å². The molecule has 3 aliphatic heterocycles. The Morgan fingerprint density at radius 1 is 1.03 bits per heavy atom. The number of hydrogen-bond acceptors (Lipinski definition) is 6. The minimum absolute atomic E-state index is 0.115. The van der Waals surface area contributed by atoms with Gasteiger partial charge in [-0.05, 0) is 44.4 Å². The highest BCUT2D eigenvalue weighted by atomic mass is 32.2. The number of benzene rings is 1. The summed E-state index contributed by atoms with van der Waals surface area (Å²) in [6.07, 6.45) is 4.45. The fraction of sp³-hybridized carbons (Fsp3) is 0.625. The number of amidine groups is 1. The van der Waals surface area contributed by atoms with E-state index in [1.165, 1.54) is 4.90 Å². The van der Waals surface area contributed by atoms with E-state index in [4.69, 9.17) is 0 Å². The van der Waals surface area contributed by atoms with Crippen molar-refractivity contribution < 1.29 is 18.9 Å². The average Bonchev–Trinajstić information content (AvgIpc) is 3.43. The number of unbranched alkanes of at least 4 members (excludes halogenated alkanes) is 1. The van der Waals surface area contributed by atoms with Crippen molar-refractivity contribution >= 4 is 28.6 Å². The van der Waals surface area contributed by atoms with Gasteiger partial charge in [-0.25, -0.2) is 4.21 Å². The Balaban J connectivity index is 1.06. The lowest BCUT2D eigenvalue weighted by Crippen LogP contribution is -2.56. The molecule has 5 rings (SSSR count). The second kappa shape index (κ2) is 9.27. The maximum absolute atomic E-state index is 12.7. The first-order valence-electron chi connectivity index (χ1n) is 12.1. The molecular weight excluding hydrogens is 440 g/mol. The summed E-state index contributed by atoms with van der Waals surface area (Å²) in [4.78, 5) is 32.0. The summed E-state index contributed by atoms with van der Waals surface area (Å²) in [5.41, 5.74) is 0.475. The number of aliphatic hydroxyl groups is 1. The van der Waals surface area contributed by atoms with E-state index in [-0.39, 0.29) is 5.91 Å². The summed E-state index contributed by atoms with van der Waals surface area (Å²) in [5.74, 6) is 0.330. The maximum Gasteiger partial charge on any atom is 0.258 e. The molecule has 0 bridgehead atoms. The molecule has 1 spiro atoms. The predicted octanol–water partition coefficient (Wildman–Crippen LogP) is 1.55. The van der Waals surface area contributed by atoms with Crippen LogP contribution in [0.4, 0.5) is 0 Å². The van der Waals surface area contributed by atoms with Gasteiger partial charge in [-0.1, -0.05) is 25.0 Å². The summed E-state index contributed by atoms with van der Waals surface area (Å²) >= 11 is 0. The van der Waals surface area contributed by atoms with Gasteiger partial charge in [0, 0.05) is 50.1 Å². The standard InChI is InChI=1S/C24H32N4O4S/c29-20-17-24(9-3-4-10-24)21(30)23(31)28(20)12-6-5-11-26-13-15-27(16-14-26)22-18-7-1-2-8-19(18)33(32)25-22/h1-2,7-8,21,30H,3-6,9-17H2. The SMILES string of the molecule is O=C1CC2(CCCC2)C(O)C(=O)N1CCCCN1CCN(C2=NS(=O)c3ccccc32)CC1. The summed E-state index contributed by atoms with van der Waals surface area (Å²) < 4.78 is 16.6. The number of likely N-dealkylation sites (tertiary alicyclic amines) is 1. The Labute approximate surface area is 197 Å². The van der Waals surface area contributed by atoms with Crippen molar-refractivity contribution in [1.29, 1.82) is 0 Å². The fourth-order valence-electron chi connectivity index (χ4n) is 5.79. The Kier molecular flexibility index (Phi) is 6.37. The van der Waals surface area contributed by atoms with Gasteiger partial charge in [-0.2, -0.15) is 4.40 Å². The molecule has 3 fully saturated rings. The first kappa shape index (κ1) is 22.7. The lowest BCUT2D eigenvalue weighted by atomic mass is 9.74. The number of rotatable bonds is 5. The average molecular weight is 473 g/mol. The second-order valence-corrected chi connectivity index (χ2v) is 10.8. The summed E-state index contributed by atoms with van der Waals surface area (Å²) in [5, 5.41) is 10.6. The lowest BCUT2D eigenvalue weighted by molar-refractivity contribution is -0.166. The van der Waals surface area contributed by atoms with Gasteiger partial charge < -0.3 is 10.0 Å². The minimum Gasteiger partial charge on any atom is -0.383 e. The highest BCUT2D eigenvalue weighted by Crippen LogP contribution is 2.47. The summed E-state index contributed by atoms with van der Waals surface area (Å²) in [7, 11) is -1.30. The van der Waals surface area contributed by atoms with Crippen molar-refractivity contribution in [3.05, 3.63) is 29.8 Å². The van der Waals surface area contributed by atoms with Crippen LogP contribution in [0.15, 0.2) is 33.6 Å². The molecule has 2 atom stereocenters. The van der Waals surface area contributed by atoms with Gasteiger partial charge in [-0.15, -0.1) is 0 Å². The maximum atomic E-state index is 12.7. The molecule has 3 heterocycles. The zero-order valence-electron chi connectivity index (χ0n) is 18.9. The van der Waals surface area contributed by atoms with Gasteiger partial charge in [0.2, 0.25) is 5.91 Å². The molecule has 8 nitrogen and oxygen atoms in total. The highest BCUT2D eigenvalue weighted by molar-refractivity contribution is 7.84. The number of amides is 2. The van der Waals surface area contributed by atoms with Crippen molar-refractivity contribution in [1.82, 2.24) is 14.7 Å². The predicted molar refractivity (Wildman–Crippen MR) is 125 cm³/mol. The van der Waals surface area contributed by atoms with Crippen molar-refractivity contribution in [3.63, 3.8) is 0 Å². The van der Waals surface area contributed by atoms with E-state index >= 15 is 0 Å². The summed E-state index contributed by atoms with van der Waals surface area (Å²) in [6.45, 7) is 4.77. The number of imide groups is 1. The molecule has 1 aromatic carbocycles. The van der Waals surface area contributed by atoms with Crippen molar-refractivity contribution in [2.45, 2.75) is 55.9 Å². The molecule has 4 aliphatic rings. The third-order valence-electron chi connectivity index (χ3n) is 7.75. The Morgan fingerprint density at radius 2 is 1.73 bits per heavy atom. The van der Waals surface area contributed by atoms with Crippen LogP contribution in [-0.2, 0) is 20.6 Å². The van der Waals surface area contributed by atoms with E-state index in [0.29, 0.717) is 13.0 Å². The van der Waals surface area contributed by atoms with Crippen LogP contribution in [0.3, 0.4) is 0 Å². The molecule has 33 heavy (non-hydrogen) atoms. The molecule has 2 saturated heterocycles. The first-order chi connectivity index (χ1) is 16.0. The second-order valence-electron chi connectivity index (χ2n) is 9.73. The normalized spacial score (nSPS) is 27.4. The minimum atomic E-state index is -1.30. The van der Waals surface area contributed by atoms with Crippen LogP contribution in [0, 0.1) is 5.41 Å². The Morgan fingerprint density at radius 3 is 2.48 bits per heavy atom. The van der Waals surface area contributed by atoms with E-state index in [0.717, 1.165) is 87.5 Å². The number of piperidine rings is 1. The number of carbonyl (C=O) groups is 2. The van der Waals surface area contributed by atoms with E-state index in [2.05, 4.69) is 14.2 Å². The highest BCUT2D eigenvalue weighted by Gasteiger charge is 2.52. The van der Waals surface area contributed by atoms with Gasteiger partial charge in [0.15, 0.2) is 11.0 Å². The van der Waals surface area contributed by atoms with Gasteiger partial charge in [0.05, 0.1) is 4.90 Å². The molecule has 0 radical (unpaired) electrons. The zero-order valence-corrected chi connectivity index (χ0v) is 19.8. The van der Waals surface area contributed by atoms with Crippen LogP contribution in [0.1, 0.15) is 50.5 Å². The molecule has 1 aliphatic carbocycles. The third-order valence-corrected chi connectivity index (χ3v) is 8.82. The topological polar surface area (TPSA) is 93.5 Å². The number of fused-ring (bicyclic) bond motifs is 1. The zero-order chi connectivity index (χ0) is 23.0. The Bertz CT molecular complexity index is 982. The van der Waals surface area contributed by atoms with Crippen molar-refractivity contribution in [2.24, 2.45) is 9.81 Å². The van der Waals surface area contributed by atoms with E-state index in [9.17, 15) is 18.9 Å². The van der Waals surface area contributed by atoms with Crippen LogP contribution in [0.25, 0.3) is 0 Å². The van der Waals surface area contributed by atoms with Gasteiger partial charge >= 0.3 is 0 Å². The van der Waals surface area contributed by atoms with Gasteiger partial charge in [0.25, 0.3) is 5.91 Å². The molecule has 0 aromatic heterocycles. The van der Waals surface area contributed by atoms with Crippen LogP contribution in [-0.4, -0.2) is 87.0 Å². The smallest absolute Gasteiger partial charge is 0.258 e. The molecular formula is C24H32N4O4S. The molecule has 2 amide bonds. The van der Waals surface area contributed by atoms with Crippen molar-refractivity contribution in [3.8, 4) is 0 Å². The number of aliphatic hydroxyl groups excluding tert-OH is 1. The van der Waals surface area contributed by atoms with Crippen LogP contribution >= 0.6 is 0 Å². The molecule has 178 valence electrons. The number of nitrogens with zero attached hydrogens (tertiary/aromatic N) is 4. The quantitative estimate of drug-likeness (QED) is 0.516. The Hall–Kier alpha value is -2.10. The van der Waals surface area contributed by atoms with Crippen LogP contribution in [0.5, 0.6) is 0 Å². The number of carbonyl (C=O) groups excluding carboxylic acids is 2. The monoisotopic (exact) mass is 472 g/mol. The third kappa shape index (κ3) is 4.26. The molecule has 9 heteroatoms. The van der Waals surface area contributed by atoms with E-state index < -0.39 is 28.4 Å². The molecule has 1 saturated carbocycles. The number of hydrogen-bond donors (Lipinski definition) is 1. The largest absolute Gasteiger partial charge is 0.383 e. The number of piperazine rings is 1. The summed E-state index contributed by atoms with van der Waals surface area (Å²) in [6, 6.07) is 7.71. The molecule has 2 unspecified atom stereocenters.